The number of morpholine rings is 1. The average molecular weight is 519 g/mol. The summed E-state index contributed by atoms with van der Waals surface area (Å²) in [5.41, 5.74) is 2.56. The summed E-state index contributed by atoms with van der Waals surface area (Å²) in [4.78, 5) is 27.5. The quantitative estimate of drug-likeness (QED) is 0.465. The molecule has 2 aromatic carbocycles. The molecule has 1 saturated carbocycles. The van der Waals surface area contributed by atoms with Crippen LogP contribution in [-0.4, -0.2) is 57.4 Å². The van der Waals surface area contributed by atoms with E-state index in [4.69, 9.17) is 4.74 Å². The number of fused-ring (bicyclic) bond motifs is 5. The second-order valence-electron chi connectivity index (χ2n) is 11.5. The maximum Gasteiger partial charge on any atom is 0.335 e. The summed E-state index contributed by atoms with van der Waals surface area (Å²) >= 11 is 0. The highest BCUT2D eigenvalue weighted by atomic mass is 19.1. The average Bonchev–Trinajstić information content (AvgIpc) is 3.13. The molecule has 0 radical (unpaired) electrons. The molecule has 1 N–H and O–H groups in total. The molecule has 1 unspecified atom stereocenters. The van der Waals surface area contributed by atoms with Gasteiger partial charge in [-0.15, -0.1) is 0 Å². The summed E-state index contributed by atoms with van der Waals surface area (Å²) in [6.07, 6.45) is 5.26. The van der Waals surface area contributed by atoms with Crippen molar-refractivity contribution in [2.45, 2.75) is 82.7 Å². The highest BCUT2D eigenvalue weighted by Gasteiger charge is 2.47. The smallest absolute Gasteiger partial charge is 0.335 e. The monoisotopic (exact) mass is 518 g/mol. The summed E-state index contributed by atoms with van der Waals surface area (Å²) in [6, 6.07) is 13.0. The van der Waals surface area contributed by atoms with E-state index in [0.29, 0.717) is 24.5 Å². The molecule has 3 aliphatic rings. The maximum atomic E-state index is 17.3. The molecule has 0 bridgehead atoms. The van der Waals surface area contributed by atoms with Gasteiger partial charge in [0.2, 0.25) is 5.67 Å². The molecular formula is C31H35FN2O4. The fourth-order valence-corrected chi connectivity index (χ4v) is 7.05. The van der Waals surface area contributed by atoms with E-state index < -0.39 is 17.5 Å². The van der Waals surface area contributed by atoms with Crippen molar-refractivity contribution < 1.29 is 23.8 Å². The first-order valence-corrected chi connectivity index (χ1v) is 13.9. The number of amides is 1. The minimum atomic E-state index is -2.17. The predicted octanol–water partition coefficient (Wildman–Crippen LogP) is 5.95. The zero-order chi connectivity index (χ0) is 26.6. The molecule has 7 heteroatoms. The number of carboxylic acids is 1. The summed E-state index contributed by atoms with van der Waals surface area (Å²) in [5.74, 6) is -1.22. The first-order chi connectivity index (χ1) is 18.2. The second-order valence-corrected chi connectivity index (χ2v) is 11.5. The zero-order valence-corrected chi connectivity index (χ0v) is 22.1. The SMILES string of the molecule is C[C@@H]1CN(C(=O)C2(F)Cc3ccccc3-c3c(C4CCCCC4)c4ccc(C(=O)O)cc4n3C2)C[C@H](C)O1. The fourth-order valence-electron chi connectivity index (χ4n) is 7.05. The van der Waals surface area contributed by atoms with Gasteiger partial charge in [0.05, 0.1) is 30.0 Å². The van der Waals surface area contributed by atoms with Crippen LogP contribution in [0.2, 0.25) is 0 Å². The van der Waals surface area contributed by atoms with Gasteiger partial charge < -0.3 is 19.3 Å². The Kier molecular flexibility index (Phi) is 6.29. The van der Waals surface area contributed by atoms with Crippen LogP contribution in [0.3, 0.4) is 0 Å². The molecule has 1 amide bonds. The van der Waals surface area contributed by atoms with E-state index in [9.17, 15) is 14.7 Å². The lowest BCUT2D eigenvalue weighted by Crippen LogP contribution is -2.56. The lowest BCUT2D eigenvalue weighted by molar-refractivity contribution is -0.156. The Labute approximate surface area is 222 Å². The standard InChI is InChI=1S/C31H35FN2O4/c1-19-16-33(17-20(2)38-19)30(37)31(32)15-23-10-6-7-11-24(23)28-27(21-8-4-3-5-9-21)25-13-12-22(29(35)36)14-26(25)34(28)18-31/h6-7,10-14,19-21H,3-5,8-9,15-18H2,1-2H3,(H,35,36)/t19-,20+,31?. The highest BCUT2D eigenvalue weighted by Crippen LogP contribution is 2.47. The number of aromatic nitrogens is 1. The Morgan fingerprint density at radius 1 is 1.03 bits per heavy atom. The molecule has 6 rings (SSSR count). The summed E-state index contributed by atoms with van der Waals surface area (Å²) in [7, 11) is 0. The molecule has 6 nitrogen and oxygen atoms in total. The lowest BCUT2D eigenvalue weighted by Gasteiger charge is -2.39. The van der Waals surface area contributed by atoms with Gasteiger partial charge in [-0.25, -0.2) is 9.18 Å². The zero-order valence-electron chi connectivity index (χ0n) is 22.1. The lowest BCUT2D eigenvalue weighted by atomic mass is 9.81. The first-order valence-electron chi connectivity index (χ1n) is 13.9. The van der Waals surface area contributed by atoms with Crippen molar-refractivity contribution in [3.63, 3.8) is 0 Å². The minimum Gasteiger partial charge on any atom is -0.478 e. The molecule has 3 atom stereocenters. The van der Waals surface area contributed by atoms with Gasteiger partial charge in [0.1, 0.15) is 0 Å². The highest BCUT2D eigenvalue weighted by molar-refractivity contribution is 5.99. The van der Waals surface area contributed by atoms with E-state index >= 15 is 4.39 Å². The molecule has 1 saturated heterocycles. The summed E-state index contributed by atoms with van der Waals surface area (Å²) < 4.78 is 25.0. The number of ether oxygens (including phenoxy) is 1. The number of carbonyl (C=O) groups excluding carboxylic acids is 1. The Morgan fingerprint density at radius 2 is 1.74 bits per heavy atom. The molecule has 2 aliphatic heterocycles. The molecule has 3 heterocycles. The topological polar surface area (TPSA) is 71.8 Å². The van der Waals surface area contributed by atoms with E-state index in [0.717, 1.165) is 47.9 Å². The number of rotatable bonds is 3. The Bertz CT molecular complexity index is 1400. The first kappa shape index (κ1) is 25.1. The van der Waals surface area contributed by atoms with Crippen LogP contribution >= 0.6 is 0 Å². The number of hydrogen-bond acceptors (Lipinski definition) is 3. The molecular weight excluding hydrogens is 483 g/mol. The number of nitrogens with zero attached hydrogens (tertiary/aromatic N) is 2. The minimum absolute atomic E-state index is 0.0198. The molecule has 2 fully saturated rings. The van der Waals surface area contributed by atoms with Gasteiger partial charge in [-0.3, -0.25) is 4.79 Å². The van der Waals surface area contributed by atoms with Crippen LogP contribution in [0.5, 0.6) is 0 Å². The number of benzene rings is 2. The third-order valence-electron chi connectivity index (χ3n) is 8.61. The van der Waals surface area contributed by atoms with Crippen molar-refractivity contribution >= 4 is 22.8 Å². The van der Waals surface area contributed by atoms with Crippen LogP contribution in [0.4, 0.5) is 4.39 Å². The van der Waals surface area contributed by atoms with Crippen LogP contribution in [0.25, 0.3) is 22.2 Å². The van der Waals surface area contributed by atoms with E-state index in [1.54, 1.807) is 17.0 Å². The van der Waals surface area contributed by atoms with Gasteiger partial charge in [-0.2, -0.15) is 0 Å². The molecule has 1 aromatic heterocycles. The fraction of sp³-hybridized carbons (Fsp3) is 0.484. The second kappa shape index (κ2) is 9.53. The number of aromatic carboxylic acids is 1. The third kappa shape index (κ3) is 4.21. The van der Waals surface area contributed by atoms with Crippen molar-refractivity contribution in [1.29, 1.82) is 0 Å². The third-order valence-corrected chi connectivity index (χ3v) is 8.61. The molecule has 38 heavy (non-hydrogen) atoms. The molecule has 200 valence electrons. The number of hydrogen-bond donors (Lipinski definition) is 1. The molecule has 0 spiro atoms. The van der Waals surface area contributed by atoms with Crippen molar-refractivity contribution in [2.24, 2.45) is 0 Å². The number of alkyl halides is 1. The van der Waals surface area contributed by atoms with E-state index in [2.05, 4.69) is 0 Å². The van der Waals surface area contributed by atoms with Crippen molar-refractivity contribution in [2.75, 3.05) is 13.1 Å². The van der Waals surface area contributed by atoms with Crippen molar-refractivity contribution in [3.05, 3.63) is 59.2 Å². The van der Waals surface area contributed by atoms with Gasteiger partial charge in [-0.1, -0.05) is 49.6 Å². The van der Waals surface area contributed by atoms with Crippen molar-refractivity contribution in [1.82, 2.24) is 9.47 Å². The van der Waals surface area contributed by atoms with Crippen molar-refractivity contribution in [3.8, 4) is 11.3 Å². The predicted molar refractivity (Wildman–Crippen MR) is 144 cm³/mol. The normalized spacial score (nSPS) is 26.0. The maximum absolute atomic E-state index is 17.3. The van der Waals surface area contributed by atoms with E-state index in [1.807, 2.05) is 48.7 Å². The van der Waals surface area contributed by atoms with Gasteiger partial charge in [0.25, 0.3) is 5.91 Å². The van der Waals surface area contributed by atoms with E-state index in [-0.39, 0.29) is 30.7 Å². The summed E-state index contributed by atoms with van der Waals surface area (Å²) in [6.45, 7) is 4.37. The van der Waals surface area contributed by atoms with E-state index in [1.165, 1.54) is 12.0 Å². The van der Waals surface area contributed by atoms with Crippen LogP contribution in [-0.2, 0) is 22.5 Å². The Balaban J connectivity index is 1.57. The number of carbonyl (C=O) groups is 2. The largest absolute Gasteiger partial charge is 0.478 e. The van der Waals surface area contributed by atoms with Crippen LogP contribution < -0.4 is 0 Å². The van der Waals surface area contributed by atoms with Crippen LogP contribution in [0.1, 0.15) is 73.4 Å². The number of carboxylic acid groups (broad SMARTS) is 1. The van der Waals surface area contributed by atoms with Crippen LogP contribution in [0.15, 0.2) is 42.5 Å². The van der Waals surface area contributed by atoms with Crippen LogP contribution in [0, 0.1) is 0 Å². The van der Waals surface area contributed by atoms with Gasteiger partial charge in [0, 0.05) is 36.0 Å². The van der Waals surface area contributed by atoms with Gasteiger partial charge in [-0.05, 0) is 55.9 Å². The van der Waals surface area contributed by atoms with Gasteiger partial charge >= 0.3 is 5.97 Å². The summed E-state index contributed by atoms with van der Waals surface area (Å²) in [5, 5.41) is 10.7. The molecule has 3 aromatic rings. The molecule has 1 aliphatic carbocycles. The Hall–Kier alpha value is -3.19. The van der Waals surface area contributed by atoms with Gasteiger partial charge in [0.15, 0.2) is 0 Å². The number of halogens is 1. The Morgan fingerprint density at radius 3 is 2.45 bits per heavy atom.